The summed E-state index contributed by atoms with van der Waals surface area (Å²) in [6.07, 6.45) is -11.1. The molecule has 0 spiro atoms. The van der Waals surface area contributed by atoms with E-state index in [2.05, 4.69) is 10.1 Å². The lowest BCUT2D eigenvalue weighted by atomic mass is 10.0. The van der Waals surface area contributed by atoms with Crippen LogP contribution in [0.2, 0.25) is 0 Å². The first-order valence-corrected chi connectivity index (χ1v) is 10.7. The quantitative estimate of drug-likeness (QED) is 0.442. The van der Waals surface area contributed by atoms with Gasteiger partial charge in [0.25, 0.3) is 0 Å². The second-order valence-corrected chi connectivity index (χ2v) is 8.46. The second-order valence-electron chi connectivity index (χ2n) is 6.89. The summed E-state index contributed by atoms with van der Waals surface area (Å²) in [5.41, 5.74) is -3.64. The number of hydrogen-bond donors (Lipinski definition) is 1. The number of rotatable bonds is 8. The molecule has 1 N–H and O–H groups in total. The summed E-state index contributed by atoms with van der Waals surface area (Å²) in [4.78, 5) is 24.8. The number of esters is 1. The van der Waals surface area contributed by atoms with Crippen LogP contribution in [0.25, 0.3) is 0 Å². The van der Waals surface area contributed by atoms with Crippen LogP contribution in [0.1, 0.15) is 23.1 Å². The minimum absolute atomic E-state index is 0.0441. The summed E-state index contributed by atoms with van der Waals surface area (Å²) >= 11 is 0. The molecular formula is C21H19F6NO4S. The summed E-state index contributed by atoms with van der Waals surface area (Å²) in [5, 5.41) is 2.23. The van der Waals surface area contributed by atoms with Crippen LogP contribution in [0.15, 0.2) is 53.4 Å². The zero-order valence-corrected chi connectivity index (χ0v) is 17.9. The van der Waals surface area contributed by atoms with Gasteiger partial charge >= 0.3 is 18.3 Å². The zero-order valence-electron chi connectivity index (χ0n) is 17.1. The highest BCUT2D eigenvalue weighted by Gasteiger charge is 2.37. The van der Waals surface area contributed by atoms with Crippen LogP contribution >= 0.6 is 0 Å². The van der Waals surface area contributed by atoms with Crippen molar-refractivity contribution in [2.24, 2.45) is 0 Å². The van der Waals surface area contributed by atoms with Crippen molar-refractivity contribution in [1.82, 2.24) is 5.32 Å². The molecule has 0 aliphatic rings. The van der Waals surface area contributed by atoms with E-state index in [1.165, 1.54) is 0 Å². The molecule has 0 fully saturated rings. The number of carbonyl (C=O) groups excluding carboxylic acids is 2. The molecule has 2 aromatic rings. The number of amides is 1. The topological polar surface area (TPSA) is 72.5 Å². The van der Waals surface area contributed by atoms with Gasteiger partial charge in [-0.2, -0.15) is 26.3 Å². The van der Waals surface area contributed by atoms with E-state index >= 15 is 0 Å². The maximum absolute atomic E-state index is 13.0. The molecule has 180 valence electrons. The Bertz CT molecular complexity index is 976. The van der Waals surface area contributed by atoms with Gasteiger partial charge in [-0.1, -0.05) is 18.2 Å². The monoisotopic (exact) mass is 495 g/mol. The first-order chi connectivity index (χ1) is 15.3. The maximum atomic E-state index is 13.0. The van der Waals surface area contributed by atoms with Crippen molar-refractivity contribution in [3.05, 3.63) is 65.2 Å². The zero-order chi connectivity index (χ0) is 24.8. The fourth-order valence-corrected chi connectivity index (χ4v) is 4.00. The molecule has 0 bridgehead atoms. The number of hydrogen-bond acceptors (Lipinski definition) is 4. The Balaban J connectivity index is 2.15. The van der Waals surface area contributed by atoms with Gasteiger partial charge < -0.3 is 10.1 Å². The third kappa shape index (κ3) is 7.88. The third-order valence-electron chi connectivity index (χ3n) is 4.43. The summed E-state index contributed by atoms with van der Waals surface area (Å²) in [6, 6.07) is 7.80. The van der Waals surface area contributed by atoms with Gasteiger partial charge in [0.15, 0.2) is 0 Å². The Morgan fingerprint density at radius 1 is 0.970 bits per heavy atom. The molecule has 2 rings (SSSR count). The number of ether oxygens (including phenoxy) is 1. The lowest BCUT2D eigenvalue weighted by Gasteiger charge is -2.17. The van der Waals surface area contributed by atoms with Crippen LogP contribution < -0.4 is 5.32 Å². The summed E-state index contributed by atoms with van der Waals surface area (Å²) in [5.74, 6) is -1.94. The van der Waals surface area contributed by atoms with E-state index in [1.54, 1.807) is 30.3 Å². The van der Waals surface area contributed by atoms with Gasteiger partial charge in [0.2, 0.25) is 5.91 Å². The van der Waals surface area contributed by atoms with Gasteiger partial charge in [-0.3, -0.25) is 9.00 Å². The maximum Gasteiger partial charge on any atom is 0.416 e. The Hall–Kier alpha value is -2.89. The molecule has 12 heteroatoms. The fraction of sp³-hybridized carbons (Fsp3) is 0.333. The molecule has 1 amide bonds. The molecule has 0 radical (unpaired) electrons. The van der Waals surface area contributed by atoms with Gasteiger partial charge in [-0.25, -0.2) is 4.79 Å². The van der Waals surface area contributed by atoms with Crippen LogP contribution in [-0.4, -0.2) is 35.0 Å². The van der Waals surface area contributed by atoms with Crippen molar-refractivity contribution in [2.75, 3.05) is 12.9 Å². The average molecular weight is 495 g/mol. The van der Waals surface area contributed by atoms with Crippen molar-refractivity contribution in [3.63, 3.8) is 0 Å². The molecule has 0 saturated carbocycles. The van der Waals surface area contributed by atoms with Crippen LogP contribution in [0, 0.1) is 0 Å². The van der Waals surface area contributed by atoms with E-state index in [4.69, 9.17) is 0 Å². The molecule has 2 atom stereocenters. The Morgan fingerprint density at radius 3 is 2.00 bits per heavy atom. The number of benzene rings is 2. The SMILES string of the molecule is COC(=O)[C@H](CC[S@](=O)c1ccccc1)NC(=O)Cc1cc(C(F)(F)F)cc(C(F)(F)F)c1. The molecule has 33 heavy (non-hydrogen) atoms. The normalized spacial score (nSPS) is 13.8. The minimum Gasteiger partial charge on any atom is -0.467 e. The van der Waals surface area contributed by atoms with Crippen molar-refractivity contribution in [3.8, 4) is 0 Å². The molecule has 0 aromatic heterocycles. The largest absolute Gasteiger partial charge is 0.467 e. The van der Waals surface area contributed by atoms with Crippen LogP contribution in [0.5, 0.6) is 0 Å². The van der Waals surface area contributed by atoms with E-state index in [0.717, 1.165) is 7.11 Å². The Labute approximate surface area is 187 Å². The Morgan fingerprint density at radius 2 is 1.52 bits per heavy atom. The molecule has 0 unspecified atom stereocenters. The number of carbonyl (C=O) groups is 2. The highest BCUT2D eigenvalue weighted by Crippen LogP contribution is 2.36. The smallest absolute Gasteiger partial charge is 0.416 e. The number of halogens is 6. The van der Waals surface area contributed by atoms with E-state index in [9.17, 15) is 40.1 Å². The van der Waals surface area contributed by atoms with Crippen molar-refractivity contribution in [2.45, 2.75) is 36.1 Å². The predicted octanol–water partition coefficient (Wildman–Crippen LogP) is 4.12. The van der Waals surface area contributed by atoms with Gasteiger partial charge in [-0.05, 0) is 42.3 Å². The summed E-state index contributed by atoms with van der Waals surface area (Å²) in [7, 11) is -0.471. The van der Waals surface area contributed by atoms with Gasteiger partial charge in [0.05, 0.1) is 35.5 Å². The first kappa shape index (κ1) is 26.4. The average Bonchev–Trinajstić information content (AvgIpc) is 2.75. The van der Waals surface area contributed by atoms with Crippen LogP contribution in [-0.2, 0) is 43.9 Å². The minimum atomic E-state index is -5.05. The molecule has 0 saturated heterocycles. The number of methoxy groups -OCH3 is 1. The molecular weight excluding hydrogens is 476 g/mol. The highest BCUT2D eigenvalue weighted by molar-refractivity contribution is 7.85. The number of nitrogens with one attached hydrogen (secondary N) is 1. The number of alkyl halides is 6. The van der Waals surface area contributed by atoms with Crippen LogP contribution in [0.3, 0.4) is 0 Å². The lowest BCUT2D eigenvalue weighted by molar-refractivity contribution is -0.145. The third-order valence-corrected chi connectivity index (χ3v) is 5.84. The van der Waals surface area contributed by atoms with E-state index in [1.807, 2.05) is 0 Å². The van der Waals surface area contributed by atoms with Gasteiger partial charge in [-0.15, -0.1) is 0 Å². The Kier molecular flexibility index (Phi) is 8.64. The van der Waals surface area contributed by atoms with Crippen LogP contribution in [0.4, 0.5) is 26.3 Å². The van der Waals surface area contributed by atoms with Gasteiger partial charge in [0.1, 0.15) is 6.04 Å². The van der Waals surface area contributed by atoms with E-state index < -0.39 is 64.2 Å². The molecule has 0 aliphatic carbocycles. The molecule has 2 aromatic carbocycles. The second kappa shape index (κ2) is 10.8. The highest BCUT2D eigenvalue weighted by atomic mass is 32.2. The summed E-state index contributed by atoms with van der Waals surface area (Å²) in [6.45, 7) is 0. The lowest BCUT2D eigenvalue weighted by Crippen LogP contribution is -2.43. The molecule has 5 nitrogen and oxygen atoms in total. The van der Waals surface area contributed by atoms with Crippen molar-refractivity contribution >= 4 is 22.7 Å². The molecule has 0 aliphatic heterocycles. The van der Waals surface area contributed by atoms with Gasteiger partial charge in [0, 0.05) is 10.6 Å². The van der Waals surface area contributed by atoms with E-state index in [0.29, 0.717) is 17.0 Å². The standard InChI is InChI=1S/C21H19F6NO4S/c1-32-19(30)17(7-8-33(31)16-5-3-2-4-6-16)28-18(29)11-13-9-14(20(22,23)24)12-15(10-13)21(25,26)27/h2-6,9-10,12,17H,7-8,11H2,1H3,(H,28,29)/t17-,33-/m0/s1. The fourth-order valence-electron chi connectivity index (χ4n) is 2.86. The first-order valence-electron chi connectivity index (χ1n) is 9.40. The van der Waals surface area contributed by atoms with Crippen molar-refractivity contribution < 1.29 is 44.9 Å². The summed E-state index contributed by atoms with van der Waals surface area (Å²) < 4.78 is 94.9. The van der Waals surface area contributed by atoms with Crippen molar-refractivity contribution in [1.29, 1.82) is 0 Å². The van der Waals surface area contributed by atoms with E-state index in [-0.39, 0.29) is 18.2 Å². The molecule has 0 heterocycles. The predicted molar refractivity (Wildman–Crippen MR) is 106 cm³/mol.